The van der Waals surface area contributed by atoms with Crippen molar-refractivity contribution in [3.63, 3.8) is 0 Å². The maximum atomic E-state index is 14.2. The molecule has 2 aromatic carbocycles. The van der Waals surface area contributed by atoms with Crippen LogP contribution in [0, 0.1) is 28.8 Å². The molecule has 0 heterocycles. The topological polar surface area (TPSA) is 50.1 Å². The third kappa shape index (κ3) is 4.73. The van der Waals surface area contributed by atoms with Crippen molar-refractivity contribution in [2.45, 2.75) is 26.2 Å². The molecule has 2 aromatic rings. The second-order valence-corrected chi connectivity index (χ2v) is 5.50. The highest BCUT2D eigenvalue weighted by molar-refractivity contribution is 5.91. The van der Waals surface area contributed by atoms with Gasteiger partial charge >= 0.3 is 5.97 Å². The molecule has 0 N–H and O–H groups in total. The number of aryl methyl sites for hydroxylation is 1. The van der Waals surface area contributed by atoms with Gasteiger partial charge in [0.15, 0.2) is 0 Å². The highest BCUT2D eigenvalue weighted by Crippen LogP contribution is 2.21. The van der Waals surface area contributed by atoms with Crippen LogP contribution in [0.2, 0.25) is 0 Å². The summed E-state index contributed by atoms with van der Waals surface area (Å²) in [7, 11) is 0. The van der Waals surface area contributed by atoms with Crippen molar-refractivity contribution in [3.05, 3.63) is 76.6 Å². The molecule has 0 aliphatic rings. The molecule has 134 valence electrons. The number of hydrogen-bond acceptors (Lipinski definition) is 3. The van der Waals surface area contributed by atoms with E-state index in [0.717, 1.165) is 30.7 Å². The van der Waals surface area contributed by atoms with Crippen LogP contribution < -0.4 is 4.74 Å². The van der Waals surface area contributed by atoms with Gasteiger partial charge in [0, 0.05) is 6.07 Å². The van der Waals surface area contributed by atoms with Crippen molar-refractivity contribution in [1.29, 1.82) is 5.26 Å². The summed E-state index contributed by atoms with van der Waals surface area (Å²) in [6.45, 7) is 1.98. The average Bonchev–Trinajstić information content (AvgIpc) is 2.58. The summed E-state index contributed by atoms with van der Waals surface area (Å²) in [5.74, 6) is -4.51. The van der Waals surface area contributed by atoms with E-state index in [9.17, 15) is 18.0 Å². The van der Waals surface area contributed by atoms with Crippen LogP contribution in [0.5, 0.6) is 5.75 Å². The van der Waals surface area contributed by atoms with Crippen LogP contribution in [-0.4, -0.2) is 5.97 Å². The number of allylic oxidation sites excluding steroid dienone is 2. The minimum atomic E-state index is -1.28. The zero-order valence-corrected chi connectivity index (χ0v) is 14.1. The molecule has 3 nitrogen and oxygen atoms in total. The van der Waals surface area contributed by atoms with E-state index in [2.05, 4.69) is 0 Å². The summed E-state index contributed by atoms with van der Waals surface area (Å²) in [6, 6.07) is 6.87. The zero-order valence-electron chi connectivity index (χ0n) is 14.1. The smallest absolute Gasteiger partial charge is 0.349 e. The quantitative estimate of drug-likeness (QED) is 0.410. The van der Waals surface area contributed by atoms with Crippen molar-refractivity contribution in [2.75, 3.05) is 0 Å². The Labute approximate surface area is 149 Å². The minimum absolute atomic E-state index is 0.233. The van der Waals surface area contributed by atoms with E-state index in [4.69, 9.17) is 10.00 Å². The maximum Gasteiger partial charge on any atom is 0.349 e. The van der Waals surface area contributed by atoms with Gasteiger partial charge in [0.25, 0.3) is 0 Å². The molecule has 0 aliphatic carbocycles. The van der Waals surface area contributed by atoms with Gasteiger partial charge in [0.05, 0.1) is 5.56 Å². The normalized spacial score (nSPS) is 10.7. The number of esters is 1. The molecular weight excluding hydrogens is 343 g/mol. The van der Waals surface area contributed by atoms with Crippen LogP contribution in [-0.2, 0) is 6.42 Å². The average molecular weight is 359 g/mol. The first-order chi connectivity index (χ1) is 12.5. The number of halogens is 3. The Morgan fingerprint density at radius 1 is 1.12 bits per heavy atom. The van der Waals surface area contributed by atoms with E-state index in [0.29, 0.717) is 18.4 Å². The Morgan fingerprint density at radius 2 is 1.81 bits per heavy atom. The van der Waals surface area contributed by atoms with Gasteiger partial charge in [-0.1, -0.05) is 19.1 Å². The number of ether oxygens (including phenoxy) is 1. The van der Waals surface area contributed by atoms with Crippen molar-refractivity contribution in [2.24, 2.45) is 0 Å². The number of carbonyl (C=O) groups is 1. The largest absolute Gasteiger partial charge is 0.423 e. The lowest BCUT2D eigenvalue weighted by molar-refractivity contribution is 0.0724. The molecule has 0 aromatic heterocycles. The van der Waals surface area contributed by atoms with Crippen LogP contribution in [0.4, 0.5) is 13.2 Å². The summed E-state index contributed by atoms with van der Waals surface area (Å²) in [6.07, 6.45) is 5.80. The van der Waals surface area contributed by atoms with Crippen molar-refractivity contribution in [3.8, 4) is 11.8 Å². The van der Waals surface area contributed by atoms with Crippen LogP contribution in [0.1, 0.15) is 41.3 Å². The first kappa shape index (κ1) is 19.3. The van der Waals surface area contributed by atoms with E-state index in [1.54, 1.807) is 6.07 Å². The Hall–Kier alpha value is -3.07. The molecule has 0 bridgehead atoms. The molecule has 0 aliphatic heterocycles. The van der Waals surface area contributed by atoms with Gasteiger partial charge in [-0.2, -0.15) is 5.26 Å². The van der Waals surface area contributed by atoms with Gasteiger partial charge in [-0.25, -0.2) is 18.0 Å². The van der Waals surface area contributed by atoms with Crippen molar-refractivity contribution < 1.29 is 22.7 Å². The molecule has 0 spiro atoms. The summed E-state index contributed by atoms with van der Waals surface area (Å²) < 4.78 is 46.7. The monoisotopic (exact) mass is 359 g/mol. The Morgan fingerprint density at radius 3 is 2.38 bits per heavy atom. The van der Waals surface area contributed by atoms with E-state index < -0.39 is 29.0 Å². The Kier molecular flexibility index (Phi) is 6.56. The van der Waals surface area contributed by atoms with E-state index >= 15 is 0 Å². The number of hydrogen-bond donors (Lipinski definition) is 0. The molecule has 0 saturated carbocycles. The molecular formula is C20H16F3NO2. The predicted octanol–water partition coefficient (Wildman–Crippen LogP) is 5.09. The maximum absolute atomic E-state index is 14.2. The molecule has 6 heteroatoms. The van der Waals surface area contributed by atoms with Gasteiger partial charge in [-0.3, -0.25) is 0 Å². The summed E-state index contributed by atoms with van der Waals surface area (Å²) in [4.78, 5) is 12.0. The van der Waals surface area contributed by atoms with E-state index in [-0.39, 0.29) is 11.3 Å². The molecule has 0 unspecified atom stereocenters. The SMILES string of the molecule is CC/C=C/CCc1cc(F)c(C(=O)Oc2ccc(C#N)c(F)c2)c(F)c1. The molecule has 0 fully saturated rings. The van der Waals surface area contributed by atoms with Gasteiger partial charge in [0.2, 0.25) is 0 Å². The molecule has 0 saturated heterocycles. The Bertz CT molecular complexity index is 862. The fraction of sp³-hybridized carbons (Fsp3) is 0.200. The first-order valence-electron chi connectivity index (χ1n) is 8.01. The molecule has 0 radical (unpaired) electrons. The first-order valence-corrected chi connectivity index (χ1v) is 8.01. The minimum Gasteiger partial charge on any atom is -0.423 e. The fourth-order valence-electron chi connectivity index (χ4n) is 2.31. The van der Waals surface area contributed by atoms with E-state index in [1.807, 2.05) is 19.1 Å². The number of nitrogens with zero attached hydrogens (tertiary/aromatic N) is 1. The lowest BCUT2D eigenvalue weighted by Gasteiger charge is -2.08. The van der Waals surface area contributed by atoms with Crippen molar-refractivity contribution in [1.82, 2.24) is 0 Å². The highest BCUT2D eigenvalue weighted by Gasteiger charge is 2.21. The van der Waals surface area contributed by atoms with Crippen LogP contribution >= 0.6 is 0 Å². The molecule has 26 heavy (non-hydrogen) atoms. The fourth-order valence-corrected chi connectivity index (χ4v) is 2.31. The van der Waals surface area contributed by atoms with Gasteiger partial charge in [-0.15, -0.1) is 0 Å². The predicted molar refractivity (Wildman–Crippen MR) is 90.2 cm³/mol. The highest BCUT2D eigenvalue weighted by atomic mass is 19.1. The summed E-state index contributed by atoms with van der Waals surface area (Å²) in [5.41, 5.74) is -0.659. The van der Waals surface area contributed by atoms with Crippen molar-refractivity contribution >= 4 is 5.97 Å². The number of rotatable bonds is 6. The Balaban J connectivity index is 2.17. The van der Waals surface area contributed by atoms with Crippen LogP contribution in [0.3, 0.4) is 0 Å². The third-order valence-corrected chi connectivity index (χ3v) is 3.58. The molecule has 0 atom stereocenters. The summed E-state index contributed by atoms with van der Waals surface area (Å²) in [5, 5.41) is 8.66. The number of benzene rings is 2. The second kappa shape index (κ2) is 8.86. The summed E-state index contributed by atoms with van der Waals surface area (Å²) >= 11 is 0. The molecule has 2 rings (SSSR count). The van der Waals surface area contributed by atoms with Crippen LogP contribution in [0.15, 0.2) is 42.5 Å². The van der Waals surface area contributed by atoms with Gasteiger partial charge in [0.1, 0.15) is 34.8 Å². The number of nitriles is 1. The standard InChI is InChI=1S/C20H16F3NO2/c1-2-3-4-5-6-13-9-17(22)19(18(23)10-13)20(25)26-15-8-7-14(12-24)16(21)11-15/h3-4,7-11H,2,5-6H2,1H3/b4-3+. The zero-order chi connectivity index (χ0) is 19.1. The van der Waals surface area contributed by atoms with Gasteiger partial charge in [-0.05, 0) is 49.1 Å². The molecule has 0 amide bonds. The third-order valence-electron chi connectivity index (χ3n) is 3.58. The lowest BCUT2D eigenvalue weighted by Crippen LogP contribution is -2.14. The second-order valence-electron chi connectivity index (χ2n) is 5.50. The van der Waals surface area contributed by atoms with Gasteiger partial charge < -0.3 is 4.74 Å². The van der Waals surface area contributed by atoms with Crippen LogP contribution in [0.25, 0.3) is 0 Å². The number of carbonyl (C=O) groups excluding carboxylic acids is 1. The van der Waals surface area contributed by atoms with E-state index in [1.165, 1.54) is 6.07 Å². The lowest BCUT2D eigenvalue weighted by atomic mass is 10.1.